The monoisotopic (exact) mass is 423 g/mol. The molecule has 150 valence electrons. The highest BCUT2D eigenvalue weighted by Crippen LogP contribution is 2.30. The molecule has 2 aromatic rings. The summed E-state index contributed by atoms with van der Waals surface area (Å²) < 4.78 is 32.4. The highest BCUT2D eigenvalue weighted by molar-refractivity contribution is 7.89. The molecule has 1 atom stereocenters. The van der Waals surface area contributed by atoms with Crippen molar-refractivity contribution in [1.82, 2.24) is 14.6 Å². The number of amides is 1. The third-order valence-electron chi connectivity index (χ3n) is 4.71. The van der Waals surface area contributed by atoms with Gasteiger partial charge in [-0.3, -0.25) is 9.78 Å². The van der Waals surface area contributed by atoms with Crippen molar-refractivity contribution in [1.29, 1.82) is 0 Å². The van der Waals surface area contributed by atoms with Crippen molar-refractivity contribution in [3.8, 4) is 5.75 Å². The third kappa shape index (κ3) is 4.63. The lowest BCUT2D eigenvalue weighted by Crippen LogP contribution is -2.45. The van der Waals surface area contributed by atoms with Crippen LogP contribution < -0.4 is 10.1 Å². The molecule has 1 amide bonds. The molecule has 28 heavy (non-hydrogen) atoms. The number of pyridine rings is 1. The number of carbonyl (C=O) groups is 1. The summed E-state index contributed by atoms with van der Waals surface area (Å²) in [5, 5.41) is 3.09. The Hall–Kier alpha value is -2.16. The first kappa shape index (κ1) is 20.6. The van der Waals surface area contributed by atoms with Crippen molar-refractivity contribution in [2.75, 3.05) is 20.2 Å². The fourth-order valence-corrected chi connectivity index (χ4v) is 5.04. The summed E-state index contributed by atoms with van der Waals surface area (Å²) in [5.74, 6) is -0.141. The highest BCUT2D eigenvalue weighted by Gasteiger charge is 2.33. The molecule has 1 aromatic heterocycles. The molecule has 0 spiro atoms. The topological polar surface area (TPSA) is 88.6 Å². The number of nitrogens with zero attached hydrogens (tertiary/aromatic N) is 2. The van der Waals surface area contributed by atoms with Gasteiger partial charge in [-0.2, -0.15) is 4.31 Å². The van der Waals surface area contributed by atoms with Crippen LogP contribution >= 0.6 is 11.6 Å². The number of ether oxygens (including phenoxy) is 1. The Kier molecular flexibility index (Phi) is 6.53. The third-order valence-corrected chi connectivity index (χ3v) is 6.86. The Morgan fingerprint density at radius 1 is 1.39 bits per heavy atom. The van der Waals surface area contributed by atoms with Crippen molar-refractivity contribution in [3.05, 3.63) is 53.3 Å². The number of hydrogen-bond donors (Lipinski definition) is 1. The Morgan fingerprint density at radius 2 is 2.21 bits per heavy atom. The van der Waals surface area contributed by atoms with E-state index in [1.807, 2.05) is 6.07 Å². The second-order valence-electron chi connectivity index (χ2n) is 6.58. The SMILES string of the molecule is COc1ccc(S(=O)(=O)N2CCC[C@H](C(=O)NCc3cccnc3)C2)cc1Cl. The average Bonchev–Trinajstić information content (AvgIpc) is 2.72. The molecule has 1 fully saturated rings. The first-order valence-electron chi connectivity index (χ1n) is 8.92. The summed E-state index contributed by atoms with van der Waals surface area (Å²) in [6.45, 7) is 0.882. The number of halogens is 1. The lowest BCUT2D eigenvalue weighted by Gasteiger charge is -2.31. The number of methoxy groups -OCH3 is 1. The van der Waals surface area contributed by atoms with Gasteiger partial charge in [-0.1, -0.05) is 17.7 Å². The Balaban J connectivity index is 1.68. The van der Waals surface area contributed by atoms with Gasteiger partial charge in [-0.15, -0.1) is 0 Å². The van der Waals surface area contributed by atoms with E-state index in [0.29, 0.717) is 31.7 Å². The molecule has 1 saturated heterocycles. The summed E-state index contributed by atoms with van der Waals surface area (Å²) >= 11 is 6.08. The summed E-state index contributed by atoms with van der Waals surface area (Å²) in [6, 6.07) is 8.04. The smallest absolute Gasteiger partial charge is 0.243 e. The van der Waals surface area contributed by atoms with E-state index in [-0.39, 0.29) is 22.4 Å². The van der Waals surface area contributed by atoms with Crippen LogP contribution in [0.25, 0.3) is 0 Å². The quantitative estimate of drug-likeness (QED) is 0.770. The minimum absolute atomic E-state index is 0.0923. The predicted octanol–water partition coefficient (Wildman–Crippen LogP) is 2.46. The van der Waals surface area contributed by atoms with Gasteiger partial charge in [-0.05, 0) is 42.7 Å². The lowest BCUT2D eigenvalue weighted by atomic mass is 9.99. The van der Waals surface area contributed by atoms with Gasteiger partial charge in [0.05, 0.1) is 22.9 Å². The van der Waals surface area contributed by atoms with E-state index in [2.05, 4.69) is 10.3 Å². The van der Waals surface area contributed by atoms with E-state index < -0.39 is 15.9 Å². The summed E-state index contributed by atoms with van der Waals surface area (Å²) in [4.78, 5) is 16.6. The van der Waals surface area contributed by atoms with Crippen LogP contribution in [-0.2, 0) is 21.4 Å². The maximum atomic E-state index is 13.0. The van der Waals surface area contributed by atoms with Gasteiger partial charge in [0, 0.05) is 32.0 Å². The van der Waals surface area contributed by atoms with Gasteiger partial charge in [0.1, 0.15) is 5.75 Å². The van der Waals surface area contributed by atoms with Crippen LogP contribution in [0.2, 0.25) is 5.02 Å². The molecule has 7 nitrogen and oxygen atoms in total. The van der Waals surface area contributed by atoms with Crippen molar-refractivity contribution in [2.45, 2.75) is 24.3 Å². The van der Waals surface area contributed by atoms with Gasteiger partial charge >= 0.3 is 0 Å². The molecular formula is C19H22ClN3O4S. The number of carbonyl (C=O) groups excluding carboxylic acids is 1. The molecule has 0 radical (unpaired) electrons. The Morgan fingerprint density at radius 3 is 2.89 bits per heavy atom. The van der Waals surface area contributed by atoms with E-state index >= 15 is 0 Å². The molecule has 0 unspecified atom stereocenters. The predicted molar refractivity (Wildman–Crippen MR) is 106 cm³/mol. The van der Waals surface area contributed by atoms with E-state index in [1.54, 1.807) is 18.5 Å². The fraction of sp³-hybridized carbons (Fsp3) is 0.368. The largest absolute Gasteiger partial charge is 0.495 e. The molecule has 0 bridgehead atoms. The first-order valence-corrected chi connectivity index (χ1v) is 10.7. The normalized spacial score (nSPS) is 17.9. The number of rotatable bonds is 6. The number of hydrogen-bond acceptors (Lipinski definition) is 5. The molecular weight excluding hydrogens is 402 g/mol. The Labute approximate surface area is 169 Å². The maximum absolute atomic E-state index is 13.0. The van der Waals surface area contributed by atoms with Crippen LogP contribution in [0.3, 0.4) is 0 Å². The summed E-state index contributed by atoms with van der Waals surface area (Å²) in [5.41, 5.74) is 0.893. The first-order chi connectivity index (χ1) is 13.4. The van der Waals surface area contributed by atoms with Crippen LogP contribution in [0, 0.1) is 5.92 Å². The zero-order valence-electron chi connectivity index (χ0n) is 15.5. The van der Waals surface area contributed by atoms with E-state index in [4.69, 9.17) is 16.3 Å². The second kappa shape index (κ2) is 8.89. The van der Waals surface area contributed by atoms with Crippen molar-refractivity contribution >= 4 is 27.5 Å². The molecule has 9 heteroatoms. The minimum Gasteiger partial charge on any atom is -0.495 e. The van der Waals surface area contributed by atoms with Crippen molar-refractivity contribution in [2.24, 2.45) is 5.92 Å². The van der Waals surface area contributed by atoms with Crippen LogP contribution in [0.5, 0.6) is 5.75 Å². The molecule has 0 aliphatic carbocycles. The summed E-state index contributed by atoms with van der Waals surface area (Å²) in [6.07, 6.45) is 4.62. The fourth-order valence-electron chi connectivity index (χ4n) is 3.17. The molecule has 3 rings (SSSR count). The van der Waals surface area contributed by atoms with Gasteiger partial charge < -0.3 is 10.1 Å². The standard InChI is InChI=1S/C19H22ClN3O4S/c1-27-18-7-6-16(10-17(18)20)28(25,26)23-9-3-5-15(13-23)19(24)22-12-14-4-2-8-21-11-14/h2,4,6-8,10-11,15H,3,5,9,12-13H2,1H3,(H,22,24)/t15-/m0/s1. The minimum atomic E-state index is -3.74. The highest BCUT2D eigenvalue weighted by atomic mass is 35.5. The number of sulfonamides is 1. The van der Waals surface area contributed by atoms with Crippen LogP contribution in [-0.4, -0.2) is 43.8 Å². The molecule has 1 aromatic carbocycles. The number of nitrogens with one attached hydrogen (secondary N) is 1. The van der Waals surface area contributed by atoms with Crippen molar-refractivity contribution < 1.29 is 17.9 Å². The van der Waals surface area contributed by atoms with E-state index in [1.165, 1.54) is 29.6 Å². The molecule has 1 aliphatic rings. The summed E-state index contributed by atoms with van der Waals surface area (Å²) in [7, 11) is -2.27. The number of aromatic nitrogens is 1. The maximum Gasteiger partial charge on any atom is 0.243 e. The van der Waals surface area contributed by atoms with Crippen molar-refractivity contribution in [3.63, 3.8) is 0 Å². The van der Waals surface area contributed by atoms with E-state index in [0.717, 1.165) is 5.56 Å². The Bertz CT molecular complexity index is 937. The number of benzene rings is 1. The lowest BCUT2D eigenvalue weighted by molar-refractivity contribution is -0.126. The molecule has 1 N–H and O–H groups in total. The van der Waals surface area contributed by atoms with Crippen LogP contribution in [0.1, 0.15) is 18.4 Å². The van der Waals surface area contributed by atoms with Crippen LogP contribution in [0.15, 0.2) is 47.6 Å². The zero-order valence-corrected chi connectivity index (χ0v) is 17.0. The molecule has 0 saturated carbocycles. The van der Waals surface area contributed by atoms with Gasteiger partial charge in [0.15, 0.2) is 0 Å². The second-order valence-corrected chi connectivity index (χ2v) is 8.92. The van der Waals surface area contributed by atoms with E-state index in [9.17, 15) is 13.2 Å². The van der Waals surface area contributed by atoms with Gasteiger partial charge in [0.2, 0.25) is 15.9 Å². The molecule has 2 heterocycles. The number of piperidine rings is 1. The van der Waals surface area contributed by atoms with Gasteiger partial charge in [-0.25, -0.2) is 8.42 Å². The molecule has 1 aliphatic heterocycles. The zero-order chi connectivity index (χ0) is 20.1. The average molecular weight is 424 g/mol. The van der Waals surface area contributed by atoms with Crippen LogP contribution in [0.4, 0.5) is 0 Å². The van der Waals surface area contributed by atoms with Gasteiger partial charge in [0.25, 0.3) is 0 Å².